The van der Waals surface area contributed by atoms with Crippen LogP contribution in [0.4, 0.5) is 14.9 Å². The van der Waals surface area contributed by atoms with Gasteiger partial charge in [-0.25, -0.2) is 9.18 Å². The van der Waals surface area contributed by atoms with Crippen LogP contribution in [0, 0.1) is 5.82 Å². The van der Waals surface area contributed by atoms with E-state index in [1.54, 1.807) is 18.2 Å². The van der Waals surface area contributed by atoms with Crippen molar-refractivity contribution in [2.24, 2.45) is 0 Å². The van der Waals surface area contributed by atoms with E-state index in [1.165, 1.54) is 18.4 Å². The van der Waals surface area contributed by atoms with E-state index in [9.17, 15) is 14.0 Å². The predicted molar refractivity (Wildman–Crippen MR) is 89.0 cm³/mol. The van der Waals surface area contributed by atoms with Crippen LogP contribution in [0.2, 0.25) is 0 Å². The molecule has 2 aromatic rings. The van der Waals surface area contributed by atoms with Gasteiger partial charge in [-0.15, -0.1) is 0 Å². The van der Waals surface area contributed by atoms with E-state index in [2.05, 4.69) is 16.0 Å². The maximum atomic E-state index is 13.8. The highest BCUT2D eigenvalue weighted by Crippen LogP contribution is 2.25. The van der Waals surface area contributed by atoms with Gasteiger partial charge >= 0.3 is 6.03 Å². The Kier molecular flexibility index (Phi) is 5.95. The molecule has 128 valence electrons. The summed E-state index contributed by atoms with van der Waals surface area (Å²) in [6.07, 6.45) is 1.67. The Morgan fingerprint density at radius 1 is 1.25 bits per heavy atom. The average molecular weight is 333 g/mol. The summed E-state index contributed by atoms with van der Waals surface area (Å²) in [5, 5.41) is 7.66. The second-order valence-electron chi connectivity index (χ2n) is 5.53. The first-order chi connectivity index (χ1) is 11.5. The highest BCUT2D eigenvalue weighted by atomic mass is 19.1. The summed E-state index contributed by atoms with van der Waals surface area (Å²) in [7, 11) is 0. The lowest BCUT2D eigenvalue weighted by atomic mass is 10.1. The van der Waals surface area contributed by atoms with Crippen molar-refractivity contribution < 1.29 is 18.4 Å². The number of carbonyl (C=O) groups is 2. The fourth-order valence-corrected chi connectivity index (χ4v) is 2.07. The molecule has 24 heavy (non-hydrogen) atoms. The fourth-order valence-electron chi connectivity index (χ4n) is 2.07. The molecule has 7 heteroatoms. The summed E-state index contributed by atoms with van der Waals surface area (Å²) in [5.74, 6) is -0.141. The molecule has 6 nitrogen and oxygen atoms in total. The summed E-state index contributed by atoms with van der Waals surface area (Å²) >= 11 is 0. The van der Waals surface area contributed by atoms with Gasteiger partial charge in [-0.1, -0.05) is 0 Å². The molecule has 3 N–H and O–H groups in total. The van der Waals surface area contributed by atoms with Gasteiger partial charge in [0.2, 0.25) is 5.91 Å². The van der Waals surface area contributed by atoms with Crippen LogP contribution >= 0.6 is 0 Å². The Labute approximate surface area is 139 Å². The number of anilines is 1. The van der Waals surface area contributed by atoms with Crippen LogP contribution in [0.5, 0.6) is 0 Å². The number of hydrogen-bond acceptors (Lipinski definition) is 3. The molecule has 1 heterocycles. The maximum Gasteiger partial charge on any atom is 0.319 e. The fraction of sp³-hybridized carbons (Fsp3) is 0.294. The van der Waals surface area contributed by atoms with E-state index >= 15 is 0 Å². The summed E-state index contributed by atoms with van der Waals surface area (Å²) in [6, 6.07) is 7.23. The number of urea groups is 1. The number of carbonyl (C=O) groups excluding carboxylic acids is 2. The summed E-state index contributed by atoms with van der Waals surface area (Å²) in [6.45, 7) is 3.86. The van der Waals surface area contributed by atoms with Crippen molar-refractivity contribution in [3.05, 3.63) is 42.4 Å². The molecule has 0 aliphatic carbocycles. The normalized spacial score (nSPS) is 10.5. The molecule has 0 aliphatic rings. The number of rotatable bonds is 6. The minimum atomic E-state index is -0.581. The van der Waals surface area contributed by atoms with Crippen LogP contribution in [-0.4, -0.2) is 24.5 Å². The number of hydrogen-bond donors (Lipinski definition) is 3. The standard InChI is InChI=1S/C17H20FN3O3/c1-11(2)20-16(22)7-8-19-17(23)21-14-10-12(5-6-13(14)18)15-4-3-9-24-15/h3-6,9-11H,7-8H2,1-2H3,(H,20,22)(H2,19,21,23). The molecule has 3 amide bonds. The van der Waals surface area contributed by atoms with E-state index in [4.69, 9.17) is 4.42 Å². The van der Waals surface area contributed by atoms with Crippen molar-refractivity contribution in [2.75, 3.05) is 11.9 Å². The van der Waals surface area contributed by atoms with Crippen LogP contribution in [0.3, 0.4) is 0 Å². The zero-order valence-corrected chi connectivity index (χ0v) is 13.6. The maximum absolute atomic E-state index is 13.8. The van der Waals surface area contributed by atoms with Crippen molar-refractivity contribution in [1.29, 1.82) is 0 Å². The van der Waals surface area contributed by atoms with Crippen molar-refractivity contribution in [1.82, 2.24) is 10.6 Å². The smallest absolute Gasteiger partial charge is 0.319 e. The molecule has 0 fully saturated rings. The third-order valence-corrected chi connectivity index (χ3v) is 3.11. The van der Waals surface area contributed by atoms with Gasteiger partial charge in [0.15, 0.2) is 0 Å². The third-order valence-electron chi connectivity index (χ3n) is 3.11. The first-order valence-corrected chi connectivity index (χ1v) is 7.63. The minimum Gasteiger partial charge on any atom is -0.464 e. The molecule has 0 saturated heterocycles. The Morgan fingerprint density at radius 3 is 2.71 bits per heavy atom. The third kappa shape index (κ3) is 5.12. The van der Waals surface area contributed by atoms with E-state index < -0.39 is 11.8 Å². The molecule has 0 aliphatic heterocycles. The average Bonchev–Trinajstić information content (AvgIpc) is 3.03. The van der Waals surface area contributed by atoms with E-state index in [-0.39, 0.29) is 30.6 Å². The molecular formula is C17H20FN3O3. The van der Waals surface area contributed by atoms with Gasteiger partial charge in [0.05, 0.1) is 12.0 Å². The van der Waals surface area contributed by atoms with Gasteiger partial charge in [0.25, 0.3) is 0 Å². The molecule has 0 unspecified atom stereocenters. The minimum absolute atomic E-state index is 0.0352. The number of nitrogens with one attached hydrogen (secondary N) is 3. The molecule has 2 rings (SSSR count). The van der Waals surface area contributed by atoms with E-state index in [0.29, 0.717) is 11.3 Å². The van der Waals surface area contributed by atoms with Crippen LogP contribution in [0.25, 0.3) is 11.3 Å². The monoisotopic (exact) mass is 333 g/mol. The molecular weight excluding hydrogens is 313 g/mol. The highest BCUT2D eigenvalue weighted by Gasteiger charge is 2.10. The Bertz CT molecular complexity index is 699. The quantitative estimate of drug-likeness (QED) is 0.759. The molecule has 0 spiro atoms. The van der Waals surface area contributed by atoms with Crippen molar-refractivity contribution >= 4 is 17.6 Å². The van der Waals surface area contributed by atoms with E-state index in [0.717, 1.165) is 0 Å². The summed E-state index contributed by atoms with van der Waals surface area (Å²) in [5.41, 5.74) is 0.682. The number of furan rings is 1. The zero-order valence-electron chi connectivity index (χ0n) is 13.6. The predicted octanol–water partition coefficient (Wildman–Crippen LogP) is 3.12. The molecule has 0 saturated carbocycles. The number of halogens is 1. The van der Waals surface area contributed by atoms with Crippen LogP contribution in [0.1, 0.15) is 20.3 Å². The number of benzene rings is 1. The number of amides is 3. The van der Waals surface area contributed by atoms with Crippen LogP contribution < -0.4 is 16.0 Å². The molecule has 1 aromatic heterocycles. The van der Waals surface area contributed by atoms with Crippen LogP contribution in [0.15, 0.2) is 41.0 Å². The Hall–Kier alpha value is -2.83. The highest BCUT2D eigenvalue weighted by molar-refractivity contribution is 5.90. The largest absolute Gasteiger partial charge is 0.464 e. The van der Waals surface area contributed by atoms with Gasteiger partial charge in [-0.3, -0.25) is 4.79 Å². The summed E-state index contributed by atoms with van der Waals surface area (Å²) < 4.78 is 19.1. The molecule has 0 bridgehead atoms. The van der Waals surface area contributed by atoms with Crippen LogP contribution in [-0.2, 0) is 4.79 Å². The van der Waals surface area contributed by atoms with Gasteiger partial charge in [0, 0.05) is 24.6 Å². The lowest BCUT2D eigenvalue weighted by molar-refractivity contribution is -0.121. The van der Waals surface area contributed by atoms with Gasteiger partial charge in [-0.05, 0) is 44.2 Å². The lowest BCUT2D eigenvalue weighted by Gasteiger charge is -2.11. The topological polar surface area (TPSA) is 83.4 Å². The molecule has 1 aromatic carbocycles. The SMILES string of the molecule is CC(C)NC(=O)CCNC(=O)Nc1cc(-c2ccco2)ccc1F. The first-order valence-electron chi connectivity index (χ1n) is 7.63. The van der Waals surface area contributed by atoms with Crippen molar-refractivity contribution in [3.8, 4) is 11.3 Å². The second-order valence-corrected chi connectivity index (χ2v) is 5.53. The van der Waals surface area contributed by atoms with E-state index in [1.807, 2.05) is 13.8 Å². The van der Waals surface area contributed by atoms with Crippen molar-refractivity contribution in [3.63, 3.8) is 0 Å². The lowest BCUT2D eigenvalue weighted by Crippen LogP contribution is -2.35. The van der Waals surface area contributed by atoms with Gasteiger partial charge in [-0.2, -0.15) is 0 Å². The Morgan fingerprint density at radius 2 is 2.04 bits per heavy atom. The van der Waals surface area contributed by atoms with Crippen molar-refractivity contribution in [2.45, 2.75) is 26.3 Å². The zero-order chi connectivity index (χ0) is 17.5. The second kappa shape index (κ2) is 8.14. The van der Waals surface area contributed by atoms with Gasteiger partial charge in [0.1, 0.15) is 11.6 Å². The molecule has 0 radical (unpaired) electrons. The molecule has 0 atom stereocenters. The Balaban J connectivity index is 1.89. The van der Waals surface area contributed by atoms with Gasteiger partial charge < -0.3 is 20.4 Å². The first kappa shape index (κ1) is 17.5. The summed E-state index contributed by atoms with van der Waals surface area (Å²) in [4.78, 5) is 23.3.